The van der Waals surface area contributed by atoms with Gasteiger partial charge in [0.1, 0.15) is 12.4 Å². The van der Waals surface area contributed by atoms with Crippen LogP contribution in [-0.2, 0) is 9.53 Å². The minimum atomic E-state index is -2.57. The molecule has 1 aromatic carbocycles. The summed E-state index contributed by atoms with van der Waals surface area (Å²) in [5, 5.41) is 0. The average molecular weight is 304 g/mol. The van der Waals surface area contributed by atoms with Gasteiger partial charge in [0.15, 0.2) is 0 Å². The van der Waals surface area contributed by atoms with Crippen LogP contribution >= 0.6 is 0 Å². The number of halogens is 3. The molecule has 0 aromatic heterocycles. The second kappa shape index (κ2) is 9.36. The normalized spacial score (nSPS) is 10.9. The van der Waals surface area contributed by atoms with Crippen LogP contribution < -0.4 is 10.6 Å². The molecule has 0 saturated heterocycles. The zero-order chi connectivity index (χ0) is 15.7. The molecule has 2 N–H and O–H groups in total. The molecule has 0 aliphatic rings. The number of carbonyl (C=O) groups excluding carboxylic acids is 1. The molecule has 0 radical (unpaired) electrons. The highest BCUT2D eigenvalue weighted by Gasteiger charge is 2.18. The largest absolute Gasteiger partial charge is 0.375 e. The molecule has 1 amide bonds. The van der Waals surface area contributed by atoms with E-state index < -0.39 is 18.8 Å². The number of amides is 1. The third kappa shape index (κ3) is 6.14. The smallest absolute Gasteiger partial charge is 0.261 e. The van der Waals surface area contributed by atoms with E-state index in [-0.39, 0.29) is 31.2 Å². The van der Waals surface area contributed by atoms with Gasteiger partial charge in [0.2, 0.25) is 5.91 Å². The summed E-state index contributed by atoms with van der Waals surface area (Å²) in [5.41, 5.74) is 5.57. The number of hydrogen-bond donors (Lipinski definition) is 1. The van der Waals surface area contributed by atoms with Gasteiger partial charge in [-0.25, -0.2) is 13.2 Å². The molecule has 21 heavy (non-hydrogen) atoms. The summed E-state index contributed by atoms with van der Waals surface area (Å²) in [5.74, 6) is -0.904. The molecule has 0 bridgehead atoms. The summed E-state index contributed by atoms with van der Waals surface area (Å²) in [6, 6.07) is 5.89. The van der Waals surface area contributed by atoms with Crippen molar-refractivity contribution >= 4 is 11.6 Å². The third-order valence-corrected chi connectivity index (χ3v) is 2.73. The van der Waals surface area contributed by atoms with Crippen LogP contribution in [0.2, 0.25) is 0 Å². The van der Waals surface area contributed by atoms with E-state index in [0.717, 1.165) is 0 Å². The number of carbonyl (C=O) groups is 1. The zero-order valence-electron chi connectivity index (χ0n) is 11.6. The monoisotopic (exact) mass is 304 g/mol. The first kappa shape index (κ1) is 17.5. The first-order chi connectivity index (χ1) is 10.1. The van der Waals surface area contributed by atoms with E-state index in [1.165, 1.54) is 23.1 Å². The number of anilines is 1. The van der Waals surface area contributed by atoms with Gasteiger partial charge in [-0.15, -0.1) is 0 Å². The number of hydrogen-bond acceptors (Lipinski definition) is 3. The predicted octanol–water partition coefficient (Wildman–Crippen LogP) is 2.18. The fourth-order valence-corrected chi connectivity index (χ4v) is 1.77. The van der Waals surface area contributed by atoms with Crippen LogP contribution in [0.25, 0.3) is 0 Å². The number of alkyl halides is 2. The first-order valence-electron chi connectivity index (χ1n) is 6.67. The Bertz CT molecular complexity index is 444. The molecule has 118 valence electrons. The molecule has 1 rings (SSSR count). The summed E-state index contributed by atoms with van der Waals surface area (Å²) in [6.45, 7) is -0.211. The van der Waals surface area contributed by atoms with Crippen LogP contribution in [0.15, 0.2) is 24.3 Å². The van der Waals surface area contributed by atoms with Gasteiger partial charge in [-0.3, -0.25) is 4.79 Å². The highest BCUT2D eigenvalue weighted by atomic mass is 19.3. The molecule has 0 atom stereocenters. The van der Waals surface area contributed by atoms with Gasteiger partial charge in [0, 0.05) is 6.54 Å². The van der Waals surface area contributed by atoms with Crippen molar-refractivity contribution < 1.29 is 22.7 Å². The van der Waals surface area contributed by atoms with Crippen molar-refractivity contribution in [1.82, 2.24) is 0 Å². The molecule has 7 heteroatoms. The molecule has 0 spiro atoms. The standard InChI is InChI=1S/C14H19F3N2O2/c15-11-4-1-2-5-12(11)19(8-3-7-18)14(20)6-9-21-10-13(16)17/h1-2,4-5,13H,3,6-10,18H2. The van der Waals surface area contributed by atoms with E-state index in [9.17, 15) is 18.0 Å². The number of para-hydroxylation sites is 1. The Hall–Kier alpha value is -1.60. The van der Waals surface area contributed by atoms with Crippen LogP contribution in [0, 0.1) is 5.82 Å². The summed E-state index contributed by atoms with van der Waals surface area (Å²) >= 11 is 0. The van der Waals surface area contributed by atoms with Crippen LogP contribution in [0.5, 0.6) is 0 Å². The van der Waals surface area contributed by atoms with Crippen molar-refractivity contribution in [3.63, 3.8) is 0 Å². The van der Waals surface area contributed by atoms with Gasteiger partial charge in [-0.05, 0) is 25.1 Å². The van der Waals surface area contributed by atoms with Gasteiger partial charge < -0.3 is 15.4 Å². The second-order valence-electron chi connectivity index (χ2n) is 4.36. The highest BCUT2D eigenvalue weighted by Crippen LogP contribution is 2.19. The fourth-order valence-electron chi connectivity index (χ4n) is 1.77. The van der Waals surface area contributed by atoms with Crippen molar-refractivity contribution in [2.24, 2.45) is 5.73 Å². The zero-order valence-corrected chi connectivity index (χ0v) is 11.6. The number of ether oxygens (including phenoxy) is 1. The minimum Gasteiger partial charge on any atom is -0.375 e. The van der Waals surface area contributed by atoms with Crippen molar-refractivity contribution in [2.45, 2.75) is 19.3 Å². The van der Waals surface area contributed by atoms with Crippen LogP contribution in [-0.4, -0.2) is 38.6 Å². The Balaban J connectivity index is 2.64. The Labute approximate surface area is 121 Å². The van der Waals surface area contributed by atoms with E-state index in [4.69, 9.17) is 5.73 Å². The van der Waals surface area contributed by atoms with E-state index in [1.54, 1.807) is 6.07 Å². The Kier molecular flexibility index (Phi) is 7.78. The molecule has 0 aliphatic carbocycles. The molecule has 0 unspecified atom stereocenters. The fraction of sp³-hybridized carbons (Fsp3) is 0.500. The van der Waals surface area contributed by atoms with Crippen molar-refractivity contribution in [2.75, 3.05) is 31.2 Å². The summed E-state index contributed by atoms with van der Waals surface area (Å²) in [7, 11) is 0. The van der Waals surface area contributed by atoms with E-state index >= 15 is 0 Å². The average Bonchev–Trinajstić information content (AvgIpc) is 2.45. The number of nitrogens with two attached hydrogens (primary N) is 1. The van der Waals surface area contributed by atoms with Crippen LogP contribution in [0.1, 0.15) is 12.8 Å². The SMILES string of the molecule is NCCCN(C(=O)CCOCC(F)F)c1ccccc1F. The van der Waals surface area contributed by atoms with Gasteiger partial charge >= 0.3 is 0 Å². The summed E-state index contributed by atoms with van der Waals surface area (Å²) in [4.78, 5) is 13.4. The summed E-state index contributed by atoms with van der Waals surface area (Å²) < 4.78 is 42.3. The lowest BCUT2D eigenvalue weighted by atomic mass is 10.2. The molecular weight excluding hydrogens is 285 g/mol. The van der Waals surface area contributed by atoms with Gasteiger partial charge in [-0.1, -0.05) is 12.1 Å². The maximum absolute atomic E-state index is 13.8. The topological polar surface area (TPSA) is 55.6 Å². The summed E-state index contributed by atoms with van der Waals surface area (Å²) in [6.07, 6.45) is -2.15. The van der Waals surface area contributed by atoms with Crippen molar-refractivity contribution in [3.8, 4) is 0 Å². The Morgan fingerprint density at radius 1 is 1.33 bits per heavy atom. The maximum atomic E-state index is 13.8. The molecule has 0 aliphatic heterocycles. The molecule has 0 saturated carbocycles. The second-order valence-corrected chi connectivity index (χ2v) is 4.36. The van der Waals surface area contributed by atoms with E-state index in [2.05, 4.69) is 4.74 Å². The number of rotatable bonds is 9. The molecule has 1 aromatic rings. The molecular formula is C14H19F3N2O2. The molecule has 0 heterocycles. The Morgan fingerprint density at radius 3 is 2.67 bits per heavy atom. The third-order valence-electron chi connectivity index (χ3n) is 2.73. The molecule has 0 fully saturated rings. The van der Waals surface area contributed by atoms with Gasteiger partial charge in [0.05, 0.1) is 18.7 Å². The van der Waals surface area contributed by atoms with E-state index in [0.29, 0.717) is 13.0 Å². The lowest BCUT2D eigenvalue weighted by molar-refractivity contribution is -0.120. The van der Waals surface area contributed by atoms with E-state index in [1.807, 2.05) is 0 Å². The van der Waals surface area contributed by atoms with Gasteiger partial charge in [-0.2, -0.15) is 0 Å². The maximum Gasteiger partial charge on any atom is 0.261 e. The number of benzene rings is 1. The minimum absolute atomic E-state index is 0.0916. The quantitative estimate of drug-likeness (QED) is 0.711. The predicted molar refractivity (Wildman–Crippen MR) is 73.9 cm³/mol. The lowest BCUT2D eigenvalue weighted by Crippen LogP contribution is -2.34. The van der Waals surface area contributed by atoms with Crippen molar-refractivity contribution in [1.29, 1.82) is 0 Å². The van der Waals surface area contributed by atoms with Crippen LogP contribution in [0.4, 0.5) is 18.9 Å². The first-order valence-corrected chi connectivity index (χ1v) is 6.67. The highest BCUT2D eigenvalue weighted by molar-refractivity contribution is 5.93. The van der Waals surface area contributed by atoms with Crippen LogP contribution in [0.3, 0.4) is 0 Å². The van der Waals surface area contributed by atoms with Crippen molar-refractivity contribution in [3.05, 3.63) is 30.1 Å². The number of nitrogens with zero attached hydrogens (tertiary/aromatic N) is 1. The van der Waals surface area contributed by atoms with Gasteiger partial charge in [0.25, 0.3) is 6.43 Å². The molecule has 4 nitrogen and oxygen atoms in total. The Morgan fingerprint density at radius 2 is 2.05 bits per heavy atom. The lowest BCUT2D eigenvalue weighted by Gasteiger charge is -2.23.